The maximum Gasteiger partial charge on any atom is 0.0977 e. The van der Waals surface area contributed by atoms with Crippen LogP contribution >= 0.6 is 23.2 Å². The van der Waals surface area contributed by atoms with Crippen molar-refractivity contribution in [1.82, 2.24) is 0 Å². The molecule has 0 spiro atoms. The first-order valence-electron chi connectivity index (χ1n) is 6.13. The quantitative estimate of drug-likeness (QED) is 0.868. The molecule has 1 aromatic carbocycles. The molecule has 96 valence electrons. The molecule has 1 N–H and O–H groups in total. The highest BCUT2D eigenvalue weighted by atomic mass is 35.5. The van der Waals surface area contributed by atoms with Crippen molar-refractivity contribution in [1.29, 1.82) is 5.26 Å². The zero-order valence-corrected chi connectivity index (χ0v) is 11.5. The fourth-order valence-corrected chi connectivity index (χ4v) is 3.22. The average Bonchev–Trinajstić information content (AvgIpc) is 2.37. The lowest BCUT2D eigenvalue weighted by atomic mass is 9.69. The SMILES string of the molecule is N#CC1(C(O)c2cc(Cl)cc(Cl)c2)CCCCC1. The summed E-state index contributed by atoms with van der Waals surface area (Å²) in [5, 5.41) is 20.9. The van der Waals surface area contributed by atoms with Crippen LogP contribution in [0.3, 0.4) is 0 Å². The summed E-state index contributed by atoms with van der Waals surface area (Å²) in [6.45, 7) is 0. The standard InChI is InChI=1S/C14H15Cl2NO/c15-11-6-10(7-12(16)8-11)13(18)14(9-17)4-2-1-3-5-14/h6-8,13,18H,1-5H2. The molecule has 0 aromatic heterocycles. The Morgan fingerprint density at radius 2 is 1.67 bits per heavy atom. The molecule has 0 radical (unpaired) electrons. The summed E-state index contributed by atoms with van der Waals surface area (Å²) in [7, 11) is 0. The van der Waals surface area contributed by atoms with E-state index in [4.69, 9.17) is 23.2 Å². The van der Waals surface area contributed by atoms with Gasteiger partial charge in [0.25, 0.3) is 0 Å². The average molecular weight is 284 g/mol. The molecule has 1 aliphatic carbocycles. The third kappa shape index (κ3) is 2.64. The Morgan fingerprint density at radius 1 is 1.11 bits per heavy atom. The first-order chi connectivity index (χ1) is 8.57. The summed E-state index contributed by atoms with van der Waals surface area (Å²) in [5.74, 6) is 0. The van der Waals surface area contributed by atoms with Crippen LogP contribution in [0.25, 0.3) is 0 Å². The van der Waals surface area contributed by atoms with Gasteiger partial charge < -0.3 is 5.11 Å². The number of aliphatic hydroxyl groups is 1. The van der Waals surface area contributed by atoms with Crippen molar-refractivity contribution in [3.05, 3.63) is 33.8 Å². The number of halogens is 2. The molecule has 0 heterocycles. The van der Waals surface area contributed by atoms with Crippen LogP contribution in [0, 0.1) is 16.7 Å². The zero-order valence-electron chi connectivity index (χ0n) is 10.00. The van der Waals surface area contributed by atoms with Crippen molar-refractivity contribution >= 4 is 23.2 Å². The van der Waals surface area contributed by atoms with E-state index in [0.717, 1.165) is 32.1 Å². The highest BCUT2D eigenvalue weighted by molar-refractivity contribution is 6.34. The van der Waals surface area contributed by atoms with Crippen LogP contribution in [0.4, 0.5) is 0 Å². The lowest BCUT2D eigenvalue weighted by Gasteiger charge is -2.35. The van der Waals surface area contributed by atoms with E-state index in [1.807, 2.05) is 0 Å². The van der Waals surface area contributed by atoms with Gasteiger partial charge in [-0.3, -0.25) is 0 Å². The summed E-state index contributed by atoms with van der Waals surface area (Å²) in [6, 6.07) is 7.32. The molecule has 1 saturated carbocycles. The van der Waals surface area contributed by atoms with Crippen LogP contribution in [0.2, 0.25) is 10.0 Å². The summed E-state index contributed by atoms with van der Waals surface area (Å²) >= 11 is 11.9. The first-order valence-corrected chi connectivity index (χ1v) is 6.88. The van der Waals surface area contributed by atoms with Gasteiger partial charge >= 0.3 is 0 Å². The van der Waals surface area contributed by atoms with Crippen molar-refractivity contribution in [3.63, 3.8) is 0 Å². The second kappa shape index (κ2) is 5.48. The summed E-state index contributed by atoms with van der Waals surface area (Å²) in [6.07, 6.45) is 3.74. The van der Waals surface area contributed by atoms with E-state index in [-0.39, 0.29) is 0 Å². The third-order valence-corrected chi connectivity index (χ3v) is 4.13. The van der Waals surface area contributed by atoms with Crippen molar-refractivity contribution in [2.45, 2.75) is 38.2 Å². The van der Waals surface area contributed by atoms with E-state index >= 15 is 0 Å². The minimum Gasteiger partial charge on any atom is -0.387 e. The Balaban J connectivity index is 2.34. The van der Waals surface area contributed by atoms with Crippen molar-refractivity contribution < 1.29 is 5.11 Å². The third-order valence-electron chi connectivity index (χ3n) is 3.69. The van der Waals surface area contributed by atoms with E-state index in [9.17, 15) is 10.4 Å². The molecule has 2 nitrogen and oxygen atoms in total. The van der Waals surface area contributed by atoms with Crippen LogP contribution in [0.15, 0.2) is 18.2 Å². The van der Waals surface area contributed by atoms with Crippen molar-refractivity contribution in [2.75, 3.05) is 0 Å². The predicted octanol–water partition coefficient (Wildman–Crippen LogP) is 4.50. The summed E-state index contributed by atoms with van der Waals surface area (Å²) in [5.41, 5.74) is -0.0531. The van der Waals surface area contributed by atoms with E-state index in [2.05, 4.69) is 6.07 Å². The van der Waals surface area contributed by atoms with Gasteiger partial charge in [0.2, 0.25) is 0 Å². The number of benzene rings is 1. The molecule has 0 amide bonds. The van der Waals surface area contributed by atoms with Gasteiger partial charge in [-0.25, -0.2) is 0 Å². The number of nitriles is 1. The zero-order chi connectivity index (χ0) is 13.2. The van der Waals surface area contributed by atoms with Crippen LogP contribution in [-0.2, 0) is 0 Å². The second-order valence-corrected chi connectivity index (χ2v) is 5.81. The normalized spacial score (nSPS) is 20.1. The number of hydrogen-bond donors (Lipinski definition) is 1. The summed E-state index contributed by atoms with van der Waals surface area (Å²) < 4.78 is 0. The van der Waals surface area contributed by atoms with E-state index in [0.29, 0.717) is 15.6 Å². The van der Waals surface area contributed by atoms with E-state index < -0.39 is 11.5 Å². The molecule has 18 heavy (non-hydrogen) atoms. The van der Waals surface area contributed by atoms with Gasteiger partial charge in [0, 0.05) is 10.0 Å². The molecule has 1 aromatic rings. The van der Waals surface area contributed by atoms with Crippen LogP contribution in [0.5, 0.6) is 0 Å². The van der Waals surface area contributed by atoms with Gasteiger partial charge in [-0.15, -0.1) is 0 Å². The highest BCUT2D eigenvalue weighted by Gasteiger charge is 2.40. The molecule has 1 aliphatic rings. The van der Waals surface area contributed by atoms with Gasteiger partial charge in [-0.1, -0.05) is 42.5 Å². The molecule has 1 atom stereocenters. The Labute approximate surface area is 117 Å². The minimum absolute atomic E-state index is 0.487. The number of aliphatic hydroxyl groups excluding tert-OH is 1. The first kappa shape index (κ1) is 13.7. The largest absolute Gasteiger partial charge is 0.387 e. The van der Waals surface area contributed by atoms with Gasteiger partial charge in [-0.2, -0.15) is 5.26 Å². The molecule has 0 bridgehead atoms. The van der Waals surface area contributed by atoms with Crippen LogP contribution < -0.4 is 0 Å². The Morgan fingerprint density at radius 3 is 2.17 bits per heavy atom. The van der Waals surface area contributed by atoms with Gasteiger partial charge in [0.05, 0.1) is 17.6 Å². The Hall–Kier alpha value is -0.750. The molecule has 4 heteroatoms. The Bertz CT molecular complexity index is 455. The lowest BCUT2D eigenvalue weighted by molar-refractivity contribution is 0.0360. The summed E-state index contributed by atoms with van der Waals surface area (Å²) in [4.78, 5) is 0. The molecule has 1 fully saturated rings. The van der Waals surface area contributed by atoms with Gasteiger partial charge in [0.15, 0.2) is 0 Å². The molecule has 0 saturated heterocycles. The van der Waals surface area contributed by atoms with E-state index in [1.165, 1.54) is 0 Å². The Kier molecular flexibility index (Phi) is 4.17. The highest BCUT2D eigenvalue weighted by Crippen LogP contribution is 2.46. The lowest BCUT2D eigenvalue weighted by Crippen LogP contribution is -2.30. The second-order valence-electron chi connectivity index (χ2n) is 4.93. The number of nitrogens with zero attached hydrogens (tertiary/aromatic N) is 1. The molecular weight excluding hydrogens is 269 g/mol. The number of hydrogen-bond acceptors (Lipinski definition) is 2. The topological polar surface area (TPSA) is 44.0 Å². The molecule has 1 unspecified atom stereocenters. The van der Waals surface area contributed by atoms with Gasteiger partial charge in [0.1, 0.15) is 0 Å². The van der Waals surface area contributed by atoms with Crippen molar-refractivity contribution in [3.8, 4) is 6.07 Å². The fourth-order valence-electron chi connectivity index (χ4n) is 2.68. The minimum atomic E-state index is -0.820. The maximum atomic E-state index is 10.5. The maximum absolute atomic E-state index is 10.5. The van der Waals surface area contributed by atoms with Gasteiger partial charge in [-0.05, 0) is 36.6 Å². The fraction of sp³-hybridized carbons (Fsp3) is 0.500. The molecule has 2 rings (SSSR count). The smallest absolute Gasteiger partial charge is 0.0977 e. The van der Waals surface area contributed by atoms with Crippen LogP contribution in [0.1, 0.15) is 43.8 Å². The molecular formula is C14H15Cl2NO. The monoisotopic (exact) mass is 283 g/mol. The van der Waals surface area contributed by atoms with E-state index in [1.54, 1.807) is 18.2 Å². The predicted molar refractivity (Wildman–Crippen MR) is 72.6 cm³/mol. The molecule has 0 aliphatic heterocycles. The van der Waals surface area contributed by atoms with Crippen molar-refractivity contribution in [2.24, 2.45) is 5.41 Å². The van der Waals surface area contributed by atoms with Crippen LogP contribution in [-0.4, -0.2) is 5.11 Å². The number of rotatable bonds is 2.